The van der Waals surface area contributed by atoms with E-state index in [-0.39, 0.29) is 12.2 Å². The van der Waals surface area contributed by atoms with Crippen molar-refractivity contribution in [1.29, 1.82) is 0 Å². The number of rotatable bonds is 5. The van der Waals surface area contributed by atoms with E-state index in [1.807, 2.05) is 58.0 Å². The Labute approximate surface area is 160 Å². The molecule has 0 unspecified atom stereocenters. The second-order valence-corrected chi connectivity index (χ2v) is 6.65. The second-order valence-electron chi connectivity index (χ2n) is 6.65. The van der Waals surface area contributed by atoms with Crippen LogP contribution in [0.25, 0.3) is 10.9 Å². The zero-order chi connectivity index (χ0) is 19.8. The van der Waals surface area contributed by atoms with E-state index in [1.54, 1.807) is 24.4 Å². The van der Waals surface area contributed by atoms with Gasteiger partial charge in [0.05, 0.1) is 29.6 Å². The molecule has 3 aromatic rings. The van der Waals surface area contributed by atoms with E-state index in [2.05, 4.69) is 4.98 Å². The molecule has 0 aliphatic carbocycles. The number of aromatic nitrogens is 1. The average Bonchev–Trinajstić information content (AvgIpc) is 2.60. The van der Waals surface area contributed by atoms with Crippen molar-refractivity contribution in [2.45, 2.75) is 39.9 Å². The molecule has 5 heteroatoms. The van der Waals surface area contributed by atoms with Crippen LogP contribution in [0.4, 0.5) is 5.69 Å². The maximum atomic E-state index is 10.8. The number of para-hydroxylation sites is 1. The summed E-state index contributed by atoms with van der Waals surface area (Å²) in [7, 11) is 0. The number of pyridine rings is 1. The molecule has 1 aromatic heterocycles. The first-order valence-corrected chi connectivity index (χ1v) is 8.91. The van der Waals surface area contributed by atoms with E-state index in [9.17, 15) is 4.79 Å². The van der Waals surface area contributed by atoms with Gasteiger partial charge in [-0.3, -0.25) is 9.78 Å². The maximum Gasteiger partial charge on any atom is 0.150 e. The summed E-state index contributed by atoms with van der Waals surface area (Å²) < 4.78 is 11.1. The molecule has 3 rings (SSSR count). The van der Waals surface area contributed by atoms with Gasteiger partial charge in [-0.25, -0.2) is 0 Å². The first-order valence-electron chi connectivity index (χ1n) is 8.91. The van der Waals surface area contributed by atoms with Gasteiger partial charge < -0.3 is 15.2 Å². The smallest absolute Gasteiger partial charge is 0.150 e. The maximum absolute atomic E-state index is 10.8. The molecule has 0 atom stereocenters. The highest BCUT2D eigenvalue weighted by Gasteiger charge is 2.05. The Morgan fingerprint density at radius 2 is 1.52 bits per heavy atom. The summed E-state index contributed by atoms with van der Waals surface area (Å²) in [6.45, 7) is 7.76. The number of fused-ring (bicyclic) bond motifs is 1. The number of carbonyl (C=O) groups excluding carboxylic acids is 1. The van der Waals surface area contributed by atoms with Gasteiger partial charge in [0.25, 0.3) is 0 Å². The number of anilines is 1. The molecule has 0 saturated heterocycles. The van der Waals surface area contributed by atoms with Gasteiger partial charge in [0.2, 0.25) is 0 Å². The normalized spacial score (nSPS) is 10.4. The molecule has 5 nitrogen and oxygen atoms in total. The van der Waals surface area contributed by atoms with Crippen LogP contribution in [-0.2, 0) is 0 Å². The minimum atomic E-state index is 0.0776. The van der Waals surface area contributed by atoms with Gasteiger partial charge in [-0.05, 0) is 52.0 Å². The number of nitrogens with two attached hydrogens (primary N) is 1. The quantitative estimate of drug-likeness (QED) is 0.651. The number of ether oxygens (including phenoxy) is 2. The monoisotopic (exact) mass is 366 g/mol. The van der Waals surface area contributed by atoms with Gasteiger partial charge in [-0.2, -0.15) is 0 Å². The van der Waals surface area contributed by atoms with Crippen molar-refractivity contribution in [3.8, 4) is 11.5 Å². The van der Waals surface area contributed by atoms with Crippen LogP contribution in [0.5, 0.6) is 11.5 Å². The molecule has 2 N–H and O–H groups in total. The lowest BCUT2D eigenvalue weighted by molar-refractivity contribution is 0.112. The van der Waals surface area contributed by atoms with E-state index in [0.29, 0.717) is 22.7 Å². The number of hydrogen-bond donors (Lipinski definition) is 1. The predicted molar refractivity (Wildman–Crippen MR) is 110 cm³/mol. The van der Waals surface area contributed by atoms with Gasteiger partial charge >= 0.3 is 0 Å². The van der Waals surface area contributed by atoms with Crippen LogP contribution < -0.4 is 15.2 Å². The third-order valence-corrected chi connectivity index (χ3v) is 3.39. The van der Waals surface area contributed by atoms with Crippen LogP contribution in [-0.4, -0.2) is 23.5 Å². The van der Waals surface area contributed by atoms with Gasteiger partial charge in [-0.1, -0.05) is 18.2 Å². The fourth-order valence-corrected chi connectivity index (χ4v) is 2.43. The molecular weight excluding hydrogens is 340 g/mol. The number of benzene rings is 2. The van der Waals surface area contributed by atoms with Crippen molar-refractivity contribution >= 4 is 22.9 Å². The van der Waals surface area contributed by atoms with Crippen LogP contribution in [0.15, 0.2) is 54.7 Å². The number of carbonyl (C=O) groups is 1. The van der Waals surface area contributed by atoms with Gasteiger partial charge in [0.15, 0.2) is 0 Å². The lowest BCUT2D eigenvalue weighted by Crippen LogP contribution is -2.08. The fraction of sp³-hybridized carbons (Fsp3) is 0.273. The van der Waals surface area contributed by atoms with Crippen molar-refractivity contribution < 1.29 is 14.3 Å². The third-order valence-electron chi connectivity index (χ3n) is 3.39. The molecule has 0 spiro atoms. The van der Waals surface area contributed by atoms with Crippen LogP contribution in [0.1, 0.15) is 38.1 Å². The van der Waals surface area contributed by atoms with Crippen LogP contribution >= 0.6 is 0 Å². The van der Waals surface area contributed by atoms with Gasteiger partial charge in [-0.15, -0.1) is 0 Å². The highest BCUT2D eigenvalue weighted by Crippen LogP contribution is 2.24. The minimum absolute atomic E-state index is 0.0776. The Hall–Kier alpha value is -3.08. The zero-order valence-corrected chi connectivity index (χ0v) is 16.2. The Morgan fingerprint density at radius 1 is 0.926 bits per heavy atom. The highest BCUT2D eigenvalue weighted by atomic mass is 16.5. The van der Waals surface area contributed by atoms with Crippen LogP contribution in [0.3, 0.4) is 0 Å². The van der Waals surface area contributed by atoms with Crippen molar-refractivity contribution in [2.75, 3.05) is 5.73 Å². The van der Waals surface area contributed by atoms with Crippen molar-refractivity contribution in [1.82, 2.24) is 4.98 Å². The molecule has 0 saturated carbocycles. The molecule has 1 heterocycles. The summed E-state index contributed by atoms with van der Waals surface area (Å²) in [6.07, 6.45) is 2.62. The summed E-state index contributed by atoms with van der Waals surface area (Å²) in [5.41, 5.74) is 7.82. The number of nitrogen functional groups attached to an aromatic ring is 1. The number of nitrogens with zero attached hydrogens (tertiary/aromatic N) is 1. The average molecular weight is 366 g/mol. The molecule has 0 amide bonds. The van der Waals surface area contributed by atoms with Crippen LogP contribution in [0.2, 0.25) is 0 Å². The van der Waals surface area contributed by atoms with Crippen LogP contribution in [0, 0.1) is 0 Å². The summed E-state index contributed by atoms with van der Waals surface area (Å²) >= 11 is 0. The molecule has 0 bridgehead atoms. The number of hydrogen-bond acceptors (Lipinski definition) is 5. The molecule has 0 aliphatic heterocycles. The lowest BCUT2D eigenvalue weighted by Gasteiger charge is -2.14. The van der Waals surface area contributed by atoms with E-state index in [4.69, 9.17) is 15.2 Å². The van der Waals surface area contributed by atoms with Gasteiger partial charge in [0.1, 0.15) is 17.8 Å². The molecule has 0 fully saturated rings. The van der Waals surface area contributed by atoms with Crippen molar-refractivity contribution in [3.63, 3.8) is 0 Å². The molecule has 0 radical (unpaired) electrons. The highest BCUT2D eigenvalue weighted by molar-refractivity contribution is 5.80. The summed E-state index contributed by atoms with van der Waals surface area (Å²) in [6, 6.07) is 15.0. The van der Waals surface area contributed by atoms with Gasteiger partial charge in [0, 0.05) is 17.0 Å². The molecule has 27 heavy (non-hydrogen) atoms. The summed E-state index contributed by atoms with van der Waals surface area (Å²) in [4.78, 5) is 14.9. The van der Waals surface area contributed by atoms with Crippen molar-refractivity contribution in [3.05, 3.63) is 60.3 Å². The standard InChI is InChI=1S/C13H18O3.C9H8N2/c1-9(2)15-12-5-11(8-14)6-13(7-12)16-10(3)4;10-8-5-7-3-1-2-4-9(7)11-6-8/h5-10H,1-4H3;1-6H,10H2. The Bertz CT molecular complexity index is 863. The summed E-state index contributed by atoms with van der Waals surface area (Å²) in [5, 5.41) is 1.09. The summed E-state index contributed by atoms with van der Waals surface area (Å²) in [5.74, 6) is 1.32. The first kappa shape index (κ1) is 20.2. The van der Waals surface area contributed by atoms with E-state index >= 15 is 0 Å². The lowest BCUT2D eigenvalue weighted by atomic mass is 10.2. The topological polar surface area (TPSA) is 74.4 Å². The Morgan fingerprint density at radius 3 is 2.07 bits per heavy atom. The molecule has 142 valence electrons. The Kier molecular flexibility index (Phi) is 7.17. The molecular formula is C22H26N2O3. The second kappa shape index (κ2) is 9.57. The predicted octanol–water partition coefficient (Wildman–Crippen LogP) is 4.89. The third kappa shape index (κ3) is 6.62. The molecule has 2 aromatic carbocycles. The first-order chi connectivity index (χ1) is 12.9. The minimum Gasteiger partial charge on any atom is -0.491 e. The van der Waals surface area contributed by atoms with Crippen molar-refractivity contribution in [2.24, 2.45) is 0 Å². The SMILES string of the molecule is CC(C)Oc1cc(C=O)cc(OC(C)C)c1.Nc1cnc2ccccc2c1. The largest absolute Gasteiger partial charge is 0.491 e. The number of aldehydes is 1. The van der Waals surface area contributed by atoms with E-state index < -0.39 is 0 Å². The fourth-order valence-electron chi connectivity index (χ4n) is 2.43. The van der Waals surface area contributed by atoms with E-state index in [1.165, 1.54) is 0 Å². The Balaban J connectivity index is 0.000000206. The zero-order valence-electron chi connectivity index (χ0n) is 16.2. The van der Waals surface area contributed by atoms with E-state index in [0.717, 1.165) is 17.2 Å². The molecule has 0 aliphatic rings.